The van der Waals surface area contributed by atoms with Crippen molar-refractivity contribution in [3.63, 3.8) is 0 Å². The van der Waals surface area contributed by atoms with Gasteiger partial charge < -0.3 is 24.8 Å². The Balaban J connectivity index is 0.00000256. The molecular formula is C55H66Cl2Zr. The van der Waals surface area contributed by atoms with E-state index in [2.05, 4.69) is 209 Å². The minimum Gasteiger partial charge on any atom is -1.00 e. The molecule has 2 aromatic carbocycles. The SMILES string of the molecule is CC1=CC=CC2[CH]([Zr+2]([C]3=CC(C4(C)CCCCC4)=CC3C)=[C](c3ccccc3)c3ccccc3)C3(C)C4(C)C=CC=CC4(C)C4(C)C=CC=CC4(C)C3(C)C12C.[Cl-].[Cl-]. The molecule has 10 unspecified atom stereocenters. The van der Waals surface area contributed by atoms with Crippen molar-refractivity contribution in [2.45, 2.75) is 105 Å². The first-order valence-corrected chi connectivity index (χ1v) is 25.9. The molecule has 0 spiro atoms. The smallest absolute Gasteiger partial charge is 1.00 e. The average molecular weight is 889 g/mol. The van der Waals surface area contributed by atoms with E-state index in [4.69, 9.17) is 0 Å². The Bertz CT molecular complexity index is 2200. The third-order valence-corrected chi connectivity index (χ3v) is 29.0. The summed E-state index contributed by atoms with van der Waals surface area (Å²) in [7, 11) is 0. The second kappa shape index (κ2) is 14.7. The normalized spacial score (nSPS) is 40.9. The maximum Gasteiger partial charge on any atom is -1.00 e. The van der Waals surface area contributed by atoms with Crippen LogP contribution in [0.1, 0.15) is 112 Å². The molecule has 9 rings (SSSR count). The molecule has 3 fully saturated rings. The van der Waals surface area contributed by atoms with Gasteiger partial charge in [-0.3, -0.25) is 0 Å². The van der Waals surface area contributed by atoms with Crippen LogP contribution < -0.4 is 24.8 Å². The van der Waals surface area contributed by atoms with Crippen molar-refractivity contribution in [2.24, 2.45) is 55.2 Å². The number of hydrogen-bond acceptors (Lipinski definition) is 0. The minimum absolute atomic E-state index is 0. The predicted octanol–water partition coefficient (Wildman–Crippen LogP) is 8.56. The van der Waals surface area contributed by atoms with Crippen LogP contribution in [0.3, 0.4) is 0 Å². The third kappa shape index (κ3) is 5.12. The Kier molecular flexibility index (Phi) is 11.1. The second-order valence-corrected chi connectivity index (χ2v) is 26.9. The van der Waals surface area contributed by atoms with Crippen molar-refractivity contribution in [3.05, 3.63) is 165 Å². The fourth-order valence-electron chi connectivity index (χ4n) is 15.4. The van der Waals surface area contributed by atoms with E-state index in [0.29, 0.717) is 15.5 Å². The van der Waals surface area contributed by atoms with Crippen LogP contribution in [0.4, 0.5) is 0 Å². The first-order chi connectivity index (χ1) is 26.6. The molecule has 58 heavy (non-hydrogen) atoms. The van der Waals surface area contributed by atoms with Gasteiger partial charge in [0.1, 0.15) is 0 Å². The molecule has 3 heteroatoms. The molecule has 0 aliphatic heterocycles. The molecular weight excluding hydrogens is 823 g/mol. The summed E-state index contributed by atoms with van der Waals surface area (Å²) >= 11 is -3.13. The molecule has 7 aliphatic carbocycles. The maximum absolute atomic E-state index is 3.13. The van der Waals surface area contributed by atoms with Crippen molar-refractivity contribution in [2.75, 3.05) is 0 Å². The Morgan fingerprint density at radius 3 is 1.67 bits per heavy atom. The molecule has 0 saturated heterocycles. The Morgan fingerprint density at radius 1 is 0.621 bits per heavy atom. The monoisotopic (exact) mass is 886 g/mol. The Morgan fingerprint density at radius 2 is 1.12 bits per heavy atom. The van der Waals surface area contributed by atoms with Gasteiger partial charge in [0, 0.05) is 0 Å². The van der Waals surface area contributed by atoms with Gasteiger partial charge in [-0.1, -0.05) is 0 Å². The first kappa shape index (κ1) is 43.8. The van der Waals surface area contributed by atoms with Crippen LogP contribution in [0.25, 0.3) is 0 Å². The molecule has 0 amide bonds. The topological polar surface area (TPSA) is 0 Å². The molecule has 0 nitrogen and oxygen atoms in total. The summed E-state index contributed by atoms with van der Waals surface area (Å²) in [5, 5.41) is 0. The van der Waals surface area contributed by atoms with E-state index in [-0.39, 0.29) is 68.1 Å². The molecule has 0 N–H and O–H groups in total. The molecule has 0 aromatic heterocycles. The zero-order valence-corrected chi connectivity index (χ0v) is 40.8. The Hall–Kier alpha value is -2.31. The third-order valence-electron chi connectivity index (χ3n) is 19.4. The van der Waals surface area contributed by atoms with Gasteiger partial charge in [-0.25, -0.2) is 0 Å². The minimum atomic E-state index is -3.13. The number of fused-ring (bicyclic) bond motifs is 8. The van der Waals surface area contributed by atoms with Crippen LogP contribution in [0, 0.1) is 55.2 Å². The van der Waals surface area contributed by atoms with Gasteiger partial charge in [0.05, 0.1) is 0 Å². The summed E-state index contributed by atoms with van der Waals surface area (Å²) in [6, 6.07) is 23.5. The van der Waals surface area contributed by atoms with Crippen molar-refractivity contribution < 1.29 is 46.1 Å². The number of rotatable bonds is 5. The fraction of sp³-hybridized carbons (Fsp3) is 0.473. The molecule has 0 radical (unpaired) electrons. The Labute approximate surface area is 371 Å². The van der Waals surface area contributed by atoms with Crippen molar-refractivity contribution >= 4 is 3.21 Å². The summed E-state index contributed by atoms with van der Waals surface area (Å²) in [5.41, 5.74) is 5.64. The number of allylic oxidation sites excluding steroid dienone is 16. The molecule has 304 valence electrons. The standard InChI is InChI=1S/C29H37.C13H19.C13H10.2ClH.Zr/c1-21-14-13-15-22-20-27(6)25(4)18-10-9-16-23(25,2)24(3)17-11-12-19-26(24,5)29(27,8)28(21,22)7;1-11-6-7-12(10-11)13(2)8-4-3-5-9-13;1-3-7-12(8-4-1)11-13-9-5-2-6-10-13;;;/h9-20,22H,1-8H3;7,10-11H,3-5,8-9H2,1-2H3;1-10H;2*1H;/q;;;;;+2/p-2. The van der Waals surface area contributed by atoms with Crippen LogP contribution in [0.2, 0.25) is 3.63 Å². The van der Waals surface area contributed by atoms with E-state index in [1.54, 1.807) is 14.4 Å². The van der Waals surface area contributed by atoms with Crippen LogP contribution in [-0.2, 0) is 21.3 Å². The average Bonchev–Trinajstić information content (AvgIpc) is 3.67. The number of hydrogen-bond donors (Lipinski definition) is 0. The van der Waals surface area contributed by atoms with E-state index in [9.17, 15) is 0 Å². The van der Waals surface area contributed by atoms with E-state index in [1.807, 2.05) is 3.28 Å². The summed E-state index contributed by atoms with van der Waals surface area (Å²) in [5.74, 6) is 0.843. The van der Waals surface area contributed by atoms with Crippen molar-refractivity contribution in [1.29, 1.82) is 0 Å². The van der Waals surface area contributed by atoms with E-state index >= 15 is 0 Å². The van der Waals surface area contributed by atoms with Crippen LogP contribution in [-0.4, -0.2) is 3.21 Å². The zero-order valence-electron chi connectivity index (χ0n) is 36.8. The molecule has 3 saturated carbocycles. The van der Waals surface area contributed by atoms with E-state index < -0.39 is 21.3 Å². The largest absolute Gasteiger partial charge is 1.00 e. The van der Waals surface area contributed by atoms with Gasteiger partial charge in [0.15, 0.2) is 0 Å². The number of benzene rings is 2. The zero-order chi connectivity index (χ0) is 39.6. The van der Waals surface area contributed by atoms with Gasteiger partial charge in [0.2, 0.25) is 0 Å². The van der Waals surface area contributed by atoms with Crippen LogP contribution in [0.15, 0.2) is 154 Å². The molecule has 0 bridgehead atoms. The van der Waals surface area contributed by atoms with Gasteiger partial charge in [0.25, 0.3) is 0 Å². The van der Waals surface area contributed by atoms with E-state index in [1.165, 1.54) is 43.2 Å². The van der Waals surface area contributed by atoms with Crippen LogP contribution >= 0.6 is 0 Å². The van der Waals surface area contributed by atoms with Crippen molar-refractivity contribution in [3.8, 4) is 0 Å². The number of halogens is 2. The first-order valence-electron chi connectivity index (χ1n) is 22.0. The molecule has 7 aliphatic rings. The van der Waals surface area contributed by atoms with Gasteiger partial charge in [-0.05, 0) is 0 Å². The van der Waals surface area contributed by atoms with Gasteiger partial charge >= 0.3 is 350 Å². The van der Waals surface area contributed by atoms with E-state index in [0.717, 1.165) is 0 Å². The second-order valence-electron chi connectivity index (χ2n) is 20.7. The molecule has 2 aromatic rings. The molecule has 0 heterocycles. The summed E-state index contributed by atoms with van der Waals surface area (Å²) in [6.45, 7) is 26.8. The van der Waals surface area contributed by atoms with Gasteiger partial charge in [-0.2, -0.15) is 0 Å². The summed E-state index contributed by atoms with van der Waals surface area (Å²) < 4.78 is 4.01. The predicted molar refractivity (Wildman–Crippen MR) is 236 cm³/mol. The summed E-state index contributed by atoms with van der Waals surface area (Å²) in [6.07, 6.45) is 40.4. The molecule has 10 atom stereocenters. The maximum atomic E-state index is 2.86. The van der Waals surface area contributed by atoms with Crippen LogP contribution in [0.5, 0.6) is 0 Å². The summed E-state index contributed by atoms with van der Waals surface area (Å²) in [4.78, 5) is 0. The van der Waals surface area contributed by atoms with Crippen molar-refractivity contribution in [1.82, 2.24) is 0 Å². The quantitative estimate of drug-likeness (QED) is 0.283. The fourth-order valence-corrected chi connectivity index (χ4v) is 27.1. The van der Waals surface area contributed by atoms with Gasteiger partial charge in [-0.15, -0.1) is 0 Å².